The molecule has 0 amide bonds. The monoisotopic (exact) mass is 296 g/mol. The third kappa shape index (κ3) is 6.88. The van der Waals surface area contributed by atoms with Gasteiger partial charge in [0.2, 0.25) is 0 Å². The van der Waals surface area contributed by atoms with Crippen LogP contribution in [0, 0.1) is 11.7 Å². The molecule has 1 unspecified atom stereocenters. The zero-order chi connectivity index (χ0) is 15.8. The molecule has 0 aliphatic carbocycles. The third-order valence-corrected chi connectivity index (χ3v) is 2.73. The Bertz CT molecular complexity index is 485. The minimum atomic E-state index is -0.659. The molecule has 4 nitrogen and oxygen atoms in total. The molecule has 0 spiro atoms. The molecule has 0 saturated heterocycles. The van der Waals surface area contributed by atoms with Crippen LogP contribution in [0.25, 0.3) is 0 Å². The fourth-order valence-corrected chi connectivity index (χ4v) is 1.90. The third-order valence-electron chi connectivity index (χ3n) is 2.73. The standard InChI is InChI=1S/C16H21FO4/c1-11(2)10-12(3)20-15(18)8-9-16(19)21-14-7-5-4-6-13(14)17/h4-7,11-12H,8-10H2,1-3H3. The lowest BCUT2D eigenvalue weighted by atomic mass is 10.1. The number of ether oxygens (including phenoxy) is 2. The number of benzene rings is 1. The highest BCUT2D eigenvalue weighted by atomic mass is 19.1. The van der Waals surface area contributed by atoms with Crippen LogP contribution in [0.2, 0.25) is 0 Å². The second-order valence-electron chi connectivity index (χ2n) is 5.33. The molecule has 21 heavy (non-hydrogen) atoms. The van der Waals surface area contributed by atoms with Crippen LogP contribution in [0.4, 0.5) is 4.39 Å². The number of para-hydroxylation sites is 1. The molecule has 0 N–H and O–H groups in total. The quantitative estimate of drug-likeness (QED) is 0.571. The predicted molar refractivity (Wildman–Crippen MR) is 76.3 cm³/mol. The number of carbonyl (C=O) groups is 2. The Morgan fingerprint density at radius 3 is 2.33 bits per heavy atom. The van der Waals surface area contributed by atoms with Gasteiger partial charge >= 0.3 is 11.9 Å². The van der Waals surface area contributed by atoms with Crippen LogP contribution >= 0.6 is 0 Å². The molecule has 1 rings (SSSR count). The van der Waals surface area contributed by atoms with E-state index in [9.17, 15) is 14.0 Å². The average Bonchev–Trinajstić information content (AvgIpc) is 2.38. The van der Waals surface area contributed by atoms with Gasteiger partial charge in [-0.1, -0.05) is 26.0 Å². The molecule has 5 heteroatoms. The first kappa shape index (κ1) is 17.1. The van der Waals surface area contributed by atoms with Crippen molar-refractivity contribution in [1.82, 2.24) is 0 Å². The molecule has 0 aliphatic rings. The first-order valence-corrected chi connectivity index (χ1v) is 7.03. The summed E-state index contributed by atoms with van der Waals surface area (Å²) in [7, 11) is 0. The summed E-state index contributed by atoms with van der Waals surface area (Å²) in [5.74, 6) is -1.43. The number of halogens is 1. The van der Waals surface area contributed by atoms with Crippen molar-refractivity contribution >= 4 is 11.9 Å². The summed E-state index contributed by atoms with van der Waals surface area (Å²) in [5.41, 5.74) is 0. The zero-order valence-corrected chi connectivity index (χ0v) is 12.6. The largest absolute Gasteiger partial charge is 0.463 e. The Hall–Kier alpha value is -1.91. The van der Waals surface area contributed by atoms with Gasteiger partial charge in [0.1, 0.15) is 0 Å². The highest BCUT2D eigenvalue weighted by Crippen LogP contribution is 2.16. The van der Waals surface area contributed by atoms with Crippen LogP contribution in [0.3, 0.4) is 0 Å². The van der Waals surface area contributed by atoms with Gasteiger partial charge in [0, 0.05) is 0 Å². The van der Waals surface area contributed by atoms with E-state index in [-0.39, 0.29) is 24.7 Å². The van der Waals surface area contributed by atoms with Crippen molar-refractivity contribution in [2.45, 2.75) is 46.1 Å². The summed E-state index contributed by atoms with van der Waals surface area (Å²) in [6.07, 6.45) is 0.378. The van der Waals surface area contributed by atoms with Crippen LogP contribution in [0.5, 0.6) is 5.75 Å². The molecule has 0 aliphatic heterocycles. The minimum Gasteiger partial charge on any atom is -0.463 e. The Morgan fingerprint density at radius 1 is 1.10 bits per heavy atom. The van der Waals surface area contributed by atoms with Crippen molar-refractivity contribution in [3.8, 4) is 5.75 Å². The fourth-order valence-electron chi connectivity index (χ4n) is 1.90. The van der Waals surface area contributed by atoms with Gasteiger partial charge in [-0.2, -0.15) is 0 Å². The lowest BCUT2D eigenvalue weighted by Gasteiger charge is -2.15. The molecular formula is C16H21FO4. The van der Waals surface area contributed by atoms with Crippen molar-refractivity contribution in [3.05, 3.63) is 30.1 Å². The van der Waals surface area contributed by atoms with Gasteiger partial charge in [-0.25, -0.2) is 4.39 Å². The smallest absolute Gasteiger partial charge is 0.311 e. The van der Waals surface area contributed by atoms with Crippen molar-refractivity contribution in [2.24, 2.45) is 5.92 Å². The van der Waals surface area contributed by atoms with Gasteiger partial charge in [-0.05, 0) is 31.4 Å². The predicted octanol–water partition coefficient (Wildman–Crippen LogP) is 3.49. The zero-order valence-electron chi connectivity index (χ0n) is 12.6. The van der Waals surface area contributed by atoms with Crippen molar-refractivity contribution in [1.29, 1.82) is 0 Å². The highest BCUT2D eigenvalue weighted by molar-refractivity contribution is 5.79. The van der Waals surface area contributed by atoms with Crippen LogP contribution in [-0.2, 0) is 14.3 Å². The van der Waals surface area contributed by atoms with E-state index in [1.165, 1.54) is 18.2 Å². The molecule has 0 aromatic heterocycles. The van der Waals surface area contributed by atoms with E-state index < -0.39 is 17.8 Å². The maximum absolute atomic E-state index is 13.3. The number of hydrogen-bond acceptors (Lipinski definition) is 4. The molecule has 0 heterocycles. The maximum Gasteiger partial charge on any atom is 0.311 e. The topological polar surface area (TPSA) is 52.6 Å². The molecule has 1 aromatic carbocycles. The maximum atomic E-state index is 13.3. The van der Waals surface area contributed by atoms with Gasteiger partial charge in [0.05, 0.1) is 18.9 Å². The summed E-state index contributed by atoms with van der Waals surface area (Å²) in [6.45, 7) is 5.89. The van der Waals surface area contributed by atoms with E-state index in [1.54, 1.807) is 6.07 Å². The number of carbonyl (C=O) groups excluding carboxylic acids is 2. The Labute approximate surface area is 124 Å². The van der Waals surface area contributed by atoms with Gasteiger partial charge < -0.3 is 9.47 Å². The summed E-state index contributed by atoms with van der Waals surface area (Å²) in [4.78, 5) is 23.1. The van der Waals surface area contributed by atoms with Crippen LogP contribution in [-0.4, -0.2) is 18.0 Å². The summed E-state index contributed by atoms with van der Waals surface area (Å²) in [5, 5.41) is 0. The lowest BCUT2D eigenvalue weighted by Crippen LogP contribution is -2.18. The first-order chi connectivity index (χ1) is 9.88. The van der Waals surface area contributed by atoms with Crippen molar-refractivity contribution in [2.75, 3.05) is 0 Å². The highest BCUT2D eigenvalue weighted by Gasteiger charge is 2.15. The Kier molecular flexibility index (Phi) is 6.85. The van der Waals surface area contributed by atoms with Gasteiger partial charge in [-0.15, -0.1) is 0 Å². The van der Waals surface area contributed by atoms with E-state index in [0.717, 1.165) is 6.42 Å². The van der Waals surface area contributed by atoms with E-state index in [1.807, 2.05) is 20.8 Å². The van der Waals surface area contributed by atoms with E-state index >= 15 is 0 Å². The summed E-state index contributed by atoms with van der Waals surface area (Å²) in [6, 6.07) is 5.62. The van der Waals surface area contributed by atoms with E-state index in [0.29, 0.717) is 5.92 Å². The average molecular weight is 296 g/mol. The van der Waals surface area contributed by atoms with Gasteiger partial charge in [0.25, 0.3) is 0 Å². The molecule has 1 aromatic rings. The summed E-state index contributed by atoms with van der Waals surface area (Å²) >= 11 is 0. The number of rotatable bonds is 7. The van der Waals surface area contributed by atoms with Gasteiger partial charge in [0.15, 0.2) is 11.6 Å². The van der Waals surface area contributed by atoms with Crippen molar-refractivity contribution in [3.63, 3.8) is 0 Å². The Morgan fingerprint density at radius 2 is 1.71 bits per heavy atom. The Balaban J connectivity index is 2.33. The fraction of sp³-hybridized carbons (Fsp3) is 0.500. The SMILES string of the molecule is CC(C)CC(C)OC(=O)CCC(=O)Oc1ccccc1F. The molecule has 0 bridgehead atoms. The van der Waals surface area contributed by atoms with Crippen LogP contribution < -0.4 is 4.74 Å². The molecule has 1 atom stereocenters. The van der Waals surface area contributed by atoms with Crippen LogP contribution in [0.1, 0.15) is 40.0 Å². The molecule has 116 valence electrons. The van der Waals surface area contributed by atoms with E-state index in [2.05, 4.69) is 0 Å². The lowest BCUT2D eigenvalue weighted by molar-refractivity contribution is -0.151. The minimum absolute atomic E-state index is 0.0737. The molecular weight excluding hydrogens is 275 g/mol. The molecule has 0 fully saturated rings. The number of hydrogen-bond donors (Lipinski definition) is 0. The van der Waals surface area contributed by atoms with Crippen molar-refractivity contribution < 1.29 is 23.5 Å². The first-order valence-electron chi connectivity index (χ1n) is 7.03. The second-order valence-corrected chi connectivity index (χ2v) is 5.33. The normalized spacial score (nSPS) is 12.0. The summed E-state index contributed by atoms with van der Waals surface area (Å²) < 4.78 is 23.3. The second kappa shape index (κ2) is 8.39. The number of esters is 2. The van der Waals surface area contributed by atoms with E-state index in [4.69, 9.17) is 9.47 Å². The van der Waals surface area contributed by atoms with Gasteiger partial charge in [-0.3, -0.25) is 9.59 Å². The molecule has 0 saturated carbocycles. The van der Waals surface area contributed by atoms with Crippen LogP contribution in [0.15, 0.2) is 24.3 Å². The molecule has 0 radical (unpaired) electrons.